The molecule has 0 saturated carbocycles. The number of nitrogens with one attached hydrogen (secondary N) is 2. The molecule has 7 heteroatoms. The number of para-hydroxylation sites is 1. The lowest BCUT2D eigenvalue weighted by Crippen LogP contribution is -2.34. The predicted molar refractivity (Wildman–Crippen MR) is 90.6 cm³/mol. The normalized spacial score (nSPS) is 10.6. The summed E-state index contributed by atoms with van der Waals surface area (Å²) in [5.41, 5.74) is 2.74. The van der Waals surface area contributed by atoms with Crippen molar-refractivity contribution in [3.05, 3.63) is 53.9 Å². The average molecular weight is 325 g/mol. The molecule has 3 rings (SSSR count). The van der Waals surface area contributed by atoms with Crippen molar-refractivity contribution >= 4 is 16.9 Å². The van der Waals surface area contributed by atoms with Crippen molar-refractivity contribution in [1.29, 1.82) is 0 Å². The molecule has 0 spiro atoms. The lowest BCUT2D eigenvalue weighted by Gasteiger charge is -2.10. The van der Waals surface area contributed by atoms with E-state index >= 15 is 0 Å². The maximum absolute atomic E-state index is 12.0. The van der Waals surface area contributed by atoms with Crippen LogP contribution < -0.4 is 15.4 Å². The van der Waals surface area contributed by atoms with Crippen molar-refractivity contribution in [2.75, 3.05) is 7.11 Å². The molecular weight excluding hydrogens is 306 g/mol. The van der Waals surface area contributed by atoms with Crippen LogP contribution in [-0.2, 0) is 20.1 Å². The maximum atomic E-state index is 12.0. The minimum Gasteiger partial charge on any atom is -0.481 e. The Kier molecular flexibility index (Phi) is 4.60. The number of carbonyl (C=O) groups excluding carboxylic acids is 1. The number of ether oxygens (including phenoxy) is 1. The predicted octanol–water partition coefficient (Wildman–Crippen LogP) is 1.98. The molecule has 0 bridgehead atoms. The molecule has 2 amide bonds. The van der Waals surface area contributed by atoms with Crippen LogP contribution in [-0.4, -0.2) is 27.9 Å². The van der Waals surface area contributed by atoms with Gasteiger partial charge in [0.1, 0.15) is 0 Å². The van der Waals surface area contributed by atoms with Crippen molar-refractivity contribution in [3.63, 3.8) is 0 Å². The highest BCUT2D eigenvalue weighted by Crippen LogP contribution is 2.21. The summed E-state index contributed by atoms with van der Waals surface area (Å²) < 4.78 is 6.93. The van der Waals surface area contributed by atoms with Gasteiger partial charge in [-0.1, -0.05) is 18.2 Å². The second-order valence-electron chi connectivity index (χ2n) is 5.40. The second-order valence-corrected chi connectivity index (χ2v) is 5.40. The Bertz CT molecular complexity index is 859. The molecule has 0 fully saturated rings. The van der Waals surface area contributed by atoms with E-state index in [1.165, 1.54) is 0 Å². The first-order valence-electron chi connectivity index (χ1n) is 7.57. The highest BCUT2D eigenvalue weighted by Gasteiger charge is 2.08. The van der Waals surface area contributed by atoms with Gasteiger partial charge in [0.05, 0.1) is 18.8 Å². The zero-order valence-electron chi connectivity index (χ0n) is 13.6. The number of hydrogen-bond donors (Lipinski definition) is 2. The minimum absolute atomic E-state index is 0.237. The van der Waals surface area contributed by atoms with Crippen LogP contribution >= 0.6 is 0 Å². The molecule has 0 saturated heterocycles. The van der Waals surface area contributed by atoms with Crippen LogP contribution in [0.25, 0.3) is 10.9 Å². The van der Waals surface area contributed by atoms with E-state index in [2.05, 4.69) is 20.7 Å². The first kappa shape index (κ1) is 15.8. The van der Waals surface area contributed by atoms with Crippen LogP contribution in [0.3, 0.4) is 0 Å². The van der Waals surface area contributed by atoms with Gasteiger partial charge in [-0.15, -0.1) is 0 Å². The molecule has 0 unspecified atom stereocenters. The zero-order chi connectivity index (χ0) is 16.9. The fourth-order valence-corrected chi connectivity index (χ4v) is 2.45. The summed E-state index contributed by atoms with van der Waals surface area (Å²) in [5, 5.41) is 10.7. The summed E-state index contributed by atoms with van der Waals surface area (Å²) in [5.74, 6) is 0.529. The van der Waals surface area contributed by atoms with E-state index in [9.17, 15) is 4.79 Å². The van der Waals surface area contributed by atoms with Crippen molar-refractivity contribution in [2.24, 2.45) is 7.05 Å². The van der Waals surface area contributed by atoms with Gasteiger partial charge < -0.3 is 15.4 Å². The van der Waals surface area contributed by atoms with Crippen LogP contribution in [0.1, 0.15) is 11.1 Å². The van der Waals surface area contributed by atoms with Crippen molar-refractivity contribution in [1.82, 2.24) is 25.4 Å². The minimum atomic E-state index is -0.237. The zero-order valence-corrected chi connectivity index (χ0v) is 13.6. The Hall–Kier alpha value is -3.09. The maximum Gasteiger partial charge on any atom is 0.315 e. The number of hydrogen-bond acceptors (Lipinski definition) is 4. The Balaban J connectivity index is 1.65. The van der Waals surface area contributed by atoms with E-state index < -0.39 is 0 Å². The van der Waals surface area contributed by atoms with Crippen LogP contribution in [0.5, 0.6) is 5.88 Å². The van der Waals surface area contributed by atoms with Gasteiger partial charge in [-0.25, -0.2) is 9.78 Å². The third-order valence-electron chi connectivity index (χ3n) is 3.64. The quantitative estimate of drug-likeness (QED) is 0.751. The standard InChI is InChI=1S/C17H19N5O2/c1-22-11-12(9-20-22)8-18-17(23)19-10-13-7-16(24-2)21-15-6-4-3-5-14(13)15/h3-7,9,11H,8,10H2,1-2H3,(H2,18,19,23). The van der Waals surface area contributed by atoms with Gasteiger partial charge in [-0.3, -0.25) is 4.68 Å². The molecule has 0 radical (unpaired) electrons. The van der Waals surface area contributed by atoms with Crippen LogP contribution in [0.15, 0.2) is 42.7 Å². The van der Waals surface area contributed by atoms with E-state index in [1.807, 2.05) is 43.6 Å². The van der Waals surface area contributed by atoms with Crippen molar-refractivity contribution in [3.8, 4) is 5.88 Å². The second kappa shape index (κ2) is 6.99. The number of rotatable bonds is 5. The SMILES string of the molecule is COc1cc(CNC(=O)NCc2cnn(C)c2)c2ccccc2n1. The number of aryl methyl sites for hydroxylation is 1. The molecule has 124 valence electrons. The largest absolute Gasteiger partial charge is 0.481 e. The number of carbonyl (C=O) groups is 1. The topological polar surface area (TPSA) is 81.1 Å². The molecular formula is C17H19N5O2. The van der Waals surface area contributed by atoms with Gasteiger partial charge in [0.2, 0.25) is 5.88 Å². The highest BCUT2D eigenvalue weighted by molar-refractivity contribution is 5.83. The number of aromatic nitrogens is 3. The Labute approximate surface area is 139 Å². The summed E-state index contributed by atoms with van der Waals surface area (Å²) in [6, 6.07) is 9.37. The molecule has 2 heterocycles. The molecule has 2 N–H and O–H groups in total. The third kappa shape index (κ3) is 3.62. The lowest BCUT2D eigenvalue weighted by atomic mass is 10.1. The number of urea groups is 1. The molecule has 0 aliphatic rings. The number of benzene rings is 1. The average Bonchev–Trinajstić information content (AvgIpc) is 3.03. The van der Waals surface area contributed by atoms with E-state index in [4.69, 9.17) is 4.74 Å². The van der Waals surface area contributed by atoms with Gasteiger partial charge in [0.15, 0.2) is 0 Å². The van der Waals surface area contributed by atoms with Gasteiger partial charge in [0, 0.05) is 43.4 Å². The Morgan fingerprint density at radius 1 is 1.25 bits per heavy atom. The summed E-state index contributed by atoms with van der Waals surface area (Å²) in [6.45, 7) is 0.818. The Morgan fingerprint density at radius 2 is 2.04 bits per heavy atom. The molecule has 0 aliphatic carbocycles. The van der Waals surface area contributed by atoms with Crippen LogP contribution in [0.2, 0.25) is 0 Å². The van der Waals surface area contributed by atoms with Crippen molar-refractivity contribution < 1.29 is 9.53 Å². The smallest absolute Gasteiger partial charge is 0.315 e. The summed E-state index contributed by atoms with van der Waals surface area (Å²) >= 11 is 0. The third-order valence-corrected chi connectivity index (χ3v) is 3.64. The lowest BCUT2D eigenvalue weighted by molar-refractivity contribution is 0.240. The number of nitrogens with zero attached hydrogens (tertiary/aromatic N) is 3. The molecule has 2 aromatic heterocycles. The van der Waals surface area contributed by atoms with E-state index in [1.54, 1.807) is 18.0 Å². The molecule has 1 aromatic carbocycles. The number of methoxy groups -OCH3 is 1. The van der Waals surface area contributed by atoms with Gasteiger partial charge in [0.25, 0.3) is 0 Å². The first-order valence-corrected chi connectivity index (χ1v) is 7.57. The first-order chi connectivity index (χ1) is 11.7. The highest BCUT2D eigenvalue weighted by atomic mass is 16.5. The van der Waals surface area contributed by atoms with Crippen LogP contribution in [0.4, 0.5) is 4.79 Å². The van der Waals surface area contributed by atoms with E-state index in [0.717, 1.165) is 22.0 Å². The summed E-state index contributed by atoms with van der Waals surface area (Å²) in [6.07, 6.45) is 3.59. The number of fused-ring (bicyclic) bond motifs is 1. The number of amides is 2. The molecule has 7 nitrogen and oxygen atoms in total. The van der Waals surface area contributed by atoms with Gasteiger partial charge in [-0.2, -0.15) is 5.10 Å². The fourth-order valence-electron chi connectivity index (χ4n) is 2.45. The van der Waals surface area contributed by atoms with Crippen LogP contribution in [0, 0.1) is 0 Å². The monoisotopic (exact) mass is 325 g/mol. The van der Waals surface area contributed by atoms with Gasteiger partial charge in [-0.05, 0) is 11.6 Å². The molecule has 24 heavy (non-hydrogen) atoms. The summed E-state index contributed by atoms with van der Waals surface area (Å²) in [4.78, 5) is 16.4. The molecule has 0 atom stereocenters. The van der Waals surface area contributed by atoms with Gasteiger partial charge >= 0.3 is 6.03 Å². The van der Waals surface area contributed by atoms with E-state index in [-0.39, 0.29) is 6.03 Å². The molecule has 0 aliphatic heterocycles. The van der Waals surface area contributed by atoms with Crippen molar-refractivity contribution in [2.45, 2.75) is 13.1 Å². The Morgan fingerprint density at radius 3 is 2.79 bits per heavy atom. The molecule has 3 aromatic rings. The summed E-state index contributed by atoms with van der Waals surface area (Å²) in [7, 11) is 3.42. The fraction of sp³-hybridized carbons (Fsp3) is 0.235. The number of pyridine rings is 1. The van der Waals surface area contributed by atoms with E-state index in [0.29, 0.717) is 19.0 Å².